The zero-order valence-electron chi connectivity index (χ0n) is 9.71. The zero-order chi connectivity index (χ0) is 12.3. The van der Waals surface area contributed by atoms with Crippen LogP contribution in [-0.4, -0.2) is 26.2 Å². The van der Waals surface area contributed by atoms with Crippen molar-refractivity contribution in [2.75, 3.05) is 6.61 Å². The molecule has 0 bridgehead atoms. The summed E-state index contributed by atoms with van der Waals surface area (Å²) in [7, 11) is 0. The van der Waals surface area contributed by atoms with Gasteiger partial charge in [0, 0.05) is 12.6 Å². The summed E-state index contributed by atoms with van der Waals surface area (Å²) >= 11 is 0. The molecule has 2 heterocycles. The number of nitrogens with two attached hydrogens (primary N) is 1. The van der Waals surface area contributed by atoms with Gasteiger partial charge in [0.25, 0.3) is 0 Å². The van der Waals surface area contributed by atoms with Gasteiger partial charge in [-0.25, -0.2) is 9.97 Å². The Morgan fingerprint density at radius 2 is 2.35 bits per heavy atom. The molecule has 0 saturated carbocycles. The Hall–Kier alpha value is -1.66. The summed E-state index contributed by atoms with van der Waals surface area (Å²) in [6, 6.07) is -0.432. The van der Waals surface area contributed by atoms with E-state index in [0.29, 0.717) is 12.4 Å². The molecule has 2 aromatic heterocycles. The first-order valence-corrected chi connectivity index (χ1v) is 5.54. The van der Waals surface area contributed by atoms with Crippen LogP contribution in [0.1, 0.15) is 30.3 Å². The average Bonchev–Trinajstić information content (AvgIpc) is 2.97. The molecule has 0 aliphatic heterocycles. The van der Waals surface area contributed by atoms with Crippen molar-refractivity contribution in [1.82, 2.24) is 14.5 Å². The summed E-state index contributed by atoms with van der Waals surface area (Å²) in [4.78, 5) is 8.19. The van der Waals surface area contributed by atoms with E-state index in [1.807, 2.05) is 11.5 Å². The van der Waals surface area contributed by atoms with E-state index in [-0.39, 0.29) is 6.61 Å². The molecule has 0 aromatic carbocycles. The molecule has 0 aliphatic carbocycles. The lowest BCUT2D eigenvalue weighted by atomic mass is 10.2. The number of aliphatic hydroxyl groups excluding tert-OH is 1. The van der Waals surface area contributed by atoms with Gasteiger partial charge in [0.2, 0.25) is 5.89 Å². The molecule has 0 aliphatic rings. The van der Waals surface area contributed by atoms with E-state index in [2.05, 4.69) is 9.97 Å². The van der Waals surface area contributed by atoms with Crippen LogP contribution in [0.5, 0.6) is 0 Å². The minimum atomic E-state index is -0.432. The highest BCUT2D eigenvalue weighted by atomic mass is 16.4. The lowest BCUT2D eigenvalue weighted by molar-refractivity contribution is 0.263. The third-order valence-electron chi connectivity index (χ3n) is 2.58. The van der Waals surface area contributed by atoms with Gasteiger partial charge in [0.05, 0.1) is 30.9 Å². The second kappa shape index (κ2) is 5.11. The molecule has 0 fully saturated rings. The molecule has 0 radical (unpaired) electrons. The van der Waals surface area contributed by atoms with E-state index < -0.39 is 6.04 Å². The van der Waals surface area contributed by atoms with Crippen molar-refractivity contribution in [1.29, 1.82) is 0 Å². The summed E-state index contributed by atoms with van der Waals surface area (Å²) in [5.74, 6) is 1.47. The standard InChI is InChI=1S/C11H16N4O2/c1-2-8-3-14-11(17-8)5-15-7-13-4-10(15)9(12)6-16/h3-4,7,9,16H,2,5-6,12H2,1H3. The van der Waals surface area contributed by atoms with E-state index >= 15 is 0 Å². The molecular formula is C11H16N4O2. The van der Waals surface area contributed by atoms with Crippen LogP contribution < -0.4 is 5.73 Å². The Morgan fingerprint density at radius 1 is 1.53 bits per heavy atom. The molecule has 2 rings (SSSR count). The SMILES string of the molecule is CCc1cnc(Cn2cncc2C(N)CO)o1. The first-order valence-electron chi connectivity index (χ1n) is 5.54. The molecule has 6 nitrogen and oxygen atoms in total. The van der Waals surface area contributed by atoms with E-state index in [1.54, 1.807) is 18.7 Å². The maximum Gasteiger partial charge on any atom is 0.214 e. The normalized spacial score (nSPS) is 12.9. The van der Waals surface area contributed by atoms with Crippen molar-refractivity contribution in [3.8, 4) is 0 Å². The van der Waals surface area contributed by atoms with Gasteiger partial charge in [0.1, 0.15) is 12.3 Å². The van der Waals surface area contributed by atoms with Crippen LogP contribution >= 0.6 is 0 Å². The van der Waals surface area contributed by atoms with Crippen molar-refractivity contribution in [2.45, 2.75) is 25.9 Å². The molecule has 0 amide bonds. The summed E-state index contributed by atoms with van der Waals surface area (Å²) in [5, 5.41) is 9.03. The molecule has 6 heteroatoms. The highest BCUT2D eigenvalue weighted by Crippen LogP contribution is 2.12. The Balaban J connectivity index is 2.15. The van der Waals surface area contributed by atoms with Gasteiger partial charge in [-0.05, 0) is 0 Å². The maximum absolute atomic E-state index is 9.03. The Labute approximate surface area is 99.1 Å². The Morgan fingerprint density at radius 3 is 3.00 bits per heavy atom. The van der Waals surface area contributed by atoms with Crippen LogP contribution in [-0.2, 0) is 13.0 Å². The van der Waals surface area contributed by atoms with Crippen LogP contribution in [0, 0.1) is 0 Å². The molecule has 0 saturated heterocycles. The molecule has 1 atom stereocenters. The summed E-state index contributed by atoms with van der Waals surface area (Å²) in [5.41, 5.74) is 6.53. The summed E-state index contributed by atoms with van der Waals surface area (Å²) in [6.07, 6.45) is 5.84. The number of aromatic nitrogens is 3. The molecule has 2 aromatic rings. The lowest BCUT2D eigenvalue weighted by Gasteiger charge is -2.10. The molecular weight excluding hydrogens is 220 g/mol. The van der Waals surface area contributed by atoms with Crippen molar-refractivity contribution in [3.63, 3.8) is 0 Å². The largest absolute Gasteiger partial charge is 0.444 e. The molecule has 17 heavy (non-hydrogen) atoms. The molecule has 92 valence electrons. The van der Waals surface area contributed by atoms with Gasteiger partial charge >= 0.3 is 0 Å². The van der Waals surface area contributed by atoms with Crippen molar-refractivity contribution in [2.24, 2.45) is 5.73 Å². The predicted octanol–water partition coefficient (Wildman–Crippen LogP) is 0.474. The van der Waals surface area contributed by atoms with E-state index in [9.17, 15) is 0 Å². The summed E-state index contributed by atoms with van der Waals surface area (Å²) in [6.45, 7) is 2.37. The fraction of sp³-hybridized carbons (Fsp3) is 0.455. The minimum absolute atomic E-state index is 0.114. The fourth-order valence-electron chi connectivity index (χ4n) is 1.60. The Kier molecular flexibility index (Phi) is 3.55. The van der Waals surface area contributed by atoms with Crippen LogP contribution in [0.4, 0.5) is 0 Å². The topological polar surface area (TPSA) is 90.1 Å². The van der Waals surface area contributed by atoms with Gasteiger partial charge in [-0.3, -0.25) is 0 Å². The molecule has 3 N–H and O–H groups in total. The highest BCUT2D eigenvalue weighted by molar-refractivity contribution is 5.06. The van der Waals surface area contributed by atoms with Gasteiger partial charge in [-0.15, -0.1) is 0 Å². The number of aliphatic hydroxyl groups is 1. The number of oxazole rings is 1. The fourth-order valence-corrected chi connectivity index (χ4v) is 1.60. The van der Waals surface area contributed by atoms with E-state index in [0.717, 1.165) is 17.9 Å². The van der Waals surface area contributed by atoms with E-state index in [4.69, 9.17) is 15.3 Å². The van der Waals surface area contributed by atoms with Crippen LogP contribution in [0.3, 0.4) is 0 Å². The smallest absolute Gasteiger partial charge is 0.214 e. The minimum Gasteiger partial charge on any atom is -0.444 e. The molecule has 1 unspecified atom stereocenters. The quantitative estimate of drug-likeness (QED) is 0.787. The number of hydrogen-bond acceptors (Lipinski definition) is 5. The first-order chi connectivity index (χ1) is 8.24. The van der Waals surface area contributed by atoms with Gasteiger partial charge in [-0.1, -0.05) is 6.92 Å². The van der Waals surface area contributed by atoms with Gasteiger partial charge in [0.15, 0.2) is 0 Å². The maximum atomic E-state index is 9.03. The third-order valence-corrected chi connectivity index (χ3v) is 2.58. The number of hydrogen-bond donors (Lipinski definition) is 2. The summed E-state index contributed by atoms with van der Waals surface area (Å²) < 4.78 is 7.34. The molecule has 0 spiro atoms. The van der Waals surface area contributed by atoms with E-state index in [1.165, 1.54) is 0 Å². The second-order valence-corrected chi connectivity index (χ2v) is 3.81. The third kappa shape index (κ3) is 2.54. The number of nitrogens with zero attached hydrogens (tertiary/aromatic N) is 3. The van der Waals surface area contributed by atoms with Crippen molar-refractivity contribution in [3.05, 3.63) is 36.1 Å². The predicted molar refractivity (Wildman–Crippen MR) is 61.2 cm³/mol. The highest BCUT2D eigenvalue weighted by Gasteiger charge is 2.12. The first kappa shape index (κ1) is 11.8. The monoisotopic (exact) mass is 236 g/mol. The number of rotatable bonds is 5. The van der Waals surface area contributed by atoms with Gasteiger partial charge in [-0.2, -0.15) is 0 Å². The van der Waals surface area contributed by atoms with Crippen LogP contribution in [0.2, 0.25) is 0 Å². The van der Waals surface area contributed by atoms with Crippen LogP contribution in [0.15, 0.2) is 23.1 Å². The lowest BCUT2D eigenvalue weighted by Crippen LogP contribution is -2.19. The second-order valence-electron chi connectivity index (χ2n) is 3.81. The number of aryl methyl sites for hydroxylation is 1. The van der Waals surface area contributed by atoms with Crippen LogP contribution in [0.25, 0.3) is 0 Å². The van der Waals surface area contributed by atoms with Gasteiger partial charge < -0.3 is 19.8 Å². The van der Waals surface area contributed by atoms with Crippen molar-refractivity contribution < 1.29 is 9.52 Å². The Bertz CT molecular complexity index is 477. The zero-order valence-corrected chi connectivity index (χ0v) is 9.71. The average molecular weight is 236 g/mol. The number of imidazole rings is 1. The van der Waals surface area contributed by atoms with Crippen molar-refractivity contribution >= 4 is 0 Å².